The van der Waals surface area contributed by atoms with Crippen LogP contribution in [0.15, 0.2) is 42.7 Å². The number of hydrogen-bond acceptors (Lipinski definition) is 4. The molecule has 1 saturated heterocycles. The summed E-state index contributed by atoms with van der Waals surface area (Å²) in [6, 6.07) is 9.70. The van der Waals surface area contributed by atoms with E-state index in [1.54, 1.807) is 12.4 Å². The molecule has 0 bridgehead atoms. The molecule has 1 aromatic carbocycles. The van der Waals surface area contributed by atoms with Gasteiger partial charge in [-0.25, -0.2) is 9.97 Å². The molecule has 1 aromatic heterocycles. The van der Waals surface area contributed by atoms with E-state index in [0.717, 1.165) is 18.4 Å². The summed E-state index contributed by atoms with van der Waals surface area (Å²) in [5, 5.41) is 9.63. The van der Waals surface area contributed by atoms with E-state index in [2.05, 4.69) is 9.97 Å². The molecule has 1 amide bonds. The van der Waals surface area contributed by atoms with E-state index in [1.165, 1.54) is 0 Å². The Morgan fingerprint density at radius 3 is 2.35 bits per heavy atom. The van der Waals surface area contributed by atoms with Crippen molar-refractivity contribution in [1.29, 1.82) is 0 Å². The number of piperidine rings is 1. The van der Waals surface area contributed by atoms with E-state index in [9.17, 15) is 9.90 Å². The van der Waals surface area contributed by atoms with E-state index in [-0.39, 0.29) is 17.9 Å². The average molecular weight is 311 g/mol. The smallest absolute Gasteiger partial charge is 0.256 e. The van der Waals surface area contributed by atoms with Crippen molar-refractivity contribution in [3.63, 3.8) is 0 Å². The number of benzene rings is 1. The van der Waals surface area contributed by atoms with E-state index in [1.807, 2.05) is 42.2 Å². The van der Waals surface area contributed by atoms with Gasteiger partial charge in [-0.15, -0.1) is 0 Å². The van der Waals surface area contributed by atoms with Crippen molar-refractivity contribution in [2.45, 2.75) is 25.9 Å². The highest BCUT2D eigenvalue weighted by Gasteiger charge is 2.26. The fourth-order valence-electron chi connectivity index (χ4n) is 2.94. The van der Waals surface area contributed by atoms with Gasteiger partial charge in [0.25, 0.3) is 5.91 Å². The minimum absolute atomic E-state index is 0.0337. The minimum atomic E-state index is -0.305. The number of rotatable bonds is 3. The maximum absolute atomic E-state index is 12.5. The lowest BCUT2D eigenvalue weighted by molar-refractivity contribution is 0.0521. The van der Waals surface area contributed by atoms with Crippen LogP contribution in [0.1, 0.15) is 30.1 Å². The van der Waals surface area contributed by atoms with Gasteiger partial charge in [-0.05, 0) is 25.7 Å². The lowest BCUT2D eigenvalue weighted by Crippen LogP contribution is -2.40. The lowest BCUT2D eigenvalue weighted by atomic mass is 9.92. The van der Waals surface area contributed by atoms with Crippen molar-refractivity contribution < 1.29 is 9.90 Å². The molecule has 23 heavy (non-hydrogen) atoms. The Kier molecular flexibility index (Phi) is 4.67. The molecule has 1 fully saturated rings. The van der Waals surface area contributed by atoms with Gasteiger partial charge < -0.3 is 10.0 Å². The molecule has 1 unspecified atom stereocenters. The predicted molar refractivity (Wildman–Crippen MR) is 87.8 cm³/mol. The van der Waals surface area contributed by atoms with Crippen LogP contribution < -0.4 is 0 Å². The van der Waals surface area contributed by atoms with E-state index in [4.69, 9.17) is 0 Å². The molecule has 1 aliphatic rings. The SMILES string of the molecule is CC(O)C1CCN(C(=O)c2cnc(-c3ccccc3)nc2)CC1. The molecule has 1 aliphatic heterocycles. The highest BCUT2D eigenvalue weighted by Crippen LogP contribution is 2.22. The number of aliphatic hydroxyl groups excluding tert-OH is 1. The molecule has 1 N–H and O–H groups in total. The molecule has 2 aromatic rings. The van der Waals surface area contributed by atoms with E-state index >= 15 is 0 Å². The number of nitrogens with zero attached hydrogens (tertiary/aromatic N) is 3. The monoisotopic (exact) mass is 311 g/mol. The van der Waals surface area contributed by atoms with Crippen molar-refractivity contribution in [2.24, 2.45) is 5.92 Å². The number of carbonyl (C=O) groups is 1. The molecule has 1 atom stereocenters. The summed E-state index contributed by atoms with van der Waals surface area (Å²) in [6.07, 6.45) is 4.57. The summed E-state index contributed by atoms with van der Waals surface area (Å²) >= 11 is 0. The first kappa shape index (κ1) is 15.6. The van der Waals surface area contributed by atoms with Crippen LogP contribution in [0.3, 0.4) is 0 Å². The zero-order chi connectivity index (χ0) is 16.2. The maximum atomic E-state index is 12.5. The van der Waals surface area contributed by atoms with E-state index in [0.29, 0.717) is 24.5 Å². The van der Waals surface area contributed by atoms with Crippen LogP contribution in [0.4, 0.5) is 0 Å². The Hall–Kier alpha value is -2.27. The van der Waals surface area contributed by atoms with Gasteiger partial charge in [0.1, 0.15) is 0 Å². The second-order valence-corrected chi connectivity index (χ2v) is 6.03. The van der Waals surface area contributed by atoms with Crippen molar-refractivity contribution in [3.05, 3.63) is 48.3 Å². The quantitative estimate of drug-likeness (QED) is 0.945. The Morgan fingerprint density at radius 1 is 1.17 bits per heavy atom. The number of amides is 1. The van der Waals surface area contributed by atoms with E-state index < -0.39 is 0 Å². The lowest BCUT2D eigenvalue weighted by Gasteiger charge is -2.33. The number of carbonyl (C=O) groups excluding carboxylic acids is 1. The largest absolute Gasteiger partial charge is 0.393 e. The summed E-state index contributed by atoms with van der Waals surface area (Å²) in [5.74, 6) is 0.874. The highest BCUT2D eigenvalue weighted by molar-refractivity contribution is 5.93. The van der Waals surface area contributed by atoms with Crippen LogP contribution in [-0.2, 0) is 0 Å². The summed E-state index contributed by atoms with van der Waals surface area (Å²) in [7, 11) is 0. The summed E-state index contributed by atoms with van der Waals surface area (Å²) < 4.78 is 0. The third kappa shape index (κ3) is 3.56. The second kappa shape index (κ2) is 6.87. The molecular formula is C18H21N3O2. The van der Waals surface area contributed by atoms with Gasteiger partial charge in [-0.1, -0.05) is 30.3 Å². The summed E-state index contributed by atoms with van der Waals surface area (Å²) in [5.41, 5.74) is 1.45. The third-order valence-corrected chi connectivity index (χ3v) is 4.44. The molecule has 0 spiro atoms. The predicted octanol–water partition coefficient (Wildman–Crippen LogP) is 2.38. The number of hydrogen-bond donors (Lipinski definition) is 1. The first-order chi connectivity index (χ1) is 11.1. The van der Waals surface area contributed by atoms with Gasteiger partial charge >= 0.3 is 0 Å². The first-order valence-corrected chi connectivity index (χ1v) is 8.00. The topological polar surface area (TPSA) is 66.3 Å². The molecule has 5 heteroatoms. The summed E-state index contributed by atoms with van der Waals surface area (Å²) in [4.78, 5) is 22.9. The minimum Gasteiger partial charge on any atom is -0.393 e. The molecule has 120 valence electrons. The van der Waals surface area contributed by atoms with Crippen molar-refractivity contribution in [1.82, 2.24) is 14.9 Å². The molecule has 0 saturated carbocycles. The van der Waals surface area contributed by atoms with Gasteiger partial charge in [0.05, 0.1) is 11.7 Å². The zero-order valence-electron chi connectivity index (χ0n) is 13.2. The fourth-order valence-corrected chi connectivity index (χ4v) is 2.94. The van der Waals surface area contributed by atoms with Crippen molar-refractivity contribution >= 4 is 5.91 Å². The Morgan fingerprint density at radius 2 is 1.78 bits per heavy atom. The fraction of sp³-hybridized carbons (Fsp3) is 0.389. The number of aromatic nitrogens is 2. The Balaban J connectivity index is 1.67. The van der Waals surface area contributed by atoms with Gasteiger partial charge in [0.2, 0.25) is 0 Å². The summed E-state index contributed by atoms with van der Waals surface area (Å²) in [6.45, 7) is 3.17. The standard InChI is InChI=1S/C18H21N3O2/c1-13(22)14-7-9-21(10-8-14)18(23)16-11-19-17(20-12-16)15-5-3-2-4-6-15/h2-6,11-14,22H,7-10H2,1H3. The van der Waals surface area contributed by atoms with Gasteiger partial charge in [0, 0.05) is 31.0 Å². The zero-order valence-corrected chi connectivity index (χ0v) is 13.2. The molecule has 0 radical (unpaired) electrons. The van der Waals surface area contributed by atoms with Crippen LogP contribution in [0.5, 0.6) is 0 Å². The molecule has 0 aliphatic carbocycles. The van der Waals surface area contributed by atoms with Gasteiger partial charge in [0.15, 0.2) is 5.82 Å². The van der Waals surface area contributed by atoms with Crippen molar-refractivity contribution in [3.8, 4) is 11.4 Å². The van der Waals surface area contributed by atoms with Crippen LogP contribution in [-0.4, -0.2) is 45.1 Å². The van der Waals surface area contributed by atoms with Crippen molar-refractivity contribution in [2.75, 3.05) is 13.1 Å². The van der Waals surface area contributed by atoms with Crippen LogP contribution in [0.25, 0.3) is 11.4 Å². The molecule has 5 nitrogen and oxygen atoms in total. The van der Waals surface area contributed by atoms with Crippen LogP contribution >= 0.6 is 0 Å². The maximum Gasteiger partial charge on any atom is 0.256 e. The highest BCUT2D eigenvalue weighted by atomic mass is 16.3. The van der Waals surface area contributed by atoms with Crippen LogP contribution in [0, 0.1) is 5.92 Å². The molecular weight excluding hydrogens is 290 g/mol. The molecule has 3 rings (SSSR count). The number of aliphatic hydroxyl groups is 1. The molecule has 2 heterocycles. The second-order valence-electron chi connectivity index (χ2n) is 6.03. The third-order valence-electron chi connectivity index (χ3n) is 4.44. The average Bonchev–Trinajstić information content (AvgIpc) is 2.62. The number of likely N-dealkylation sites (tertiary alicyclic amines) is 1. The van der Waals surface area contributed by atoms with Gasteiger partial charge in [-0.3, -0.25) is 4.79 Å². The first-order valence-electron chi connectivity index (χ1n) is 8.00. The Labute approximate surface area is 136 Å². The Bertz CT molecular complexity index is 648. The van der Waals surface area contributed by atoms with Gasteiger partial charge in [-0.2, -0.15) is 0 Å². The normalized spacial score (nSPS) is 17.0. The van der Waals surface area contributed by atoms with Crippen LogP contribution in [0.2, 0.25) is 0 Å².